The average molecular weight is 414 g/mol. The van der Waals surface area contributed by atoms with Crippen LogP contribution in [-0.4, -0.2) is 22.0 Å². The number of allylic oxidation sites excluding steroid dienone is 2. The number of carbonyl (C=O) groups excluding carboxylic acids is 2. The summed E-state index contributed by atoms with van der Waals surface area (Å²) < 4.78 is 5.54. The van der Waals surface area contributed by atoms with Crippen LogP contribution in [0.15, 0.2) is 71.2 Å². The number of benzene rings is 2. The number of hydrogen-bond donors (Lipinski definition) is 2. The largest absolute Gasteiger partial charge is 0.403 e. The van der Waals surface area contributed by atoms with Crippen molar-refractivity contribution >= 4 is 23.5 Å². The van der Waals surface area contributed by atoms with E-state index in [1.54, 1.807) is 24.3 Å². The molecule has 3 atom stereocenters. The van der Waals surface area contributed by atoms with Crippen molar-refractivity contribution in [3.63, 3.8) is 0 Å². The number of nitrogens with zero attached hydrogens (tertiary/aromatic N) is 2. The third kappa shape index (κ3) is 3.63. The van der Waals surface area contributed by atoms with Gasteiger partial charge in [-0.15, -0.1) is 5.10 Å². The SMILES string of the molecule is C[C@]1(C(=O)Nc2cccc(C(=O)Nc3nnc(-c4ccccc4)o3)c2)C[C@H]2C=C[C@H]1C2. The third-order valence-electron chi connectivity index (χ3n) is 6.24. The van der Waals surface area contributed by atoms with Crippen molar-refractivity contribution in [1.29, 1.82) is 0 Å². The Morgan fingerprint density at radius 3 is 2.61 bits per heavy atom. The molecule has 0 aliphatic heterocycles. The quantitative estimate of drug-likeness (QED) is 0.598. The van der Waals surface area contributed by atoms with Crippen LogP contribution in [0.25, 0.3) is 11.5 Å². The number of hydrogen-bond acceptors (Lipinski definition) is 5. The van der Waals surface area contributed by atoms with E-state index in [1.807, 2.05) is 37.3 Å². The van der Waals surface area contributed by atoms with Gasteiger partial charge in [-0.3, -0.25) is 14.9 Å². The summed E-state index contributed by atoms with van der Waals surface area (Å²) in [4.78, 5) is 25.6. The molecule has 2 bridgehead atoms. The van der Waals surface area contributed by atoms with Crippen LogP contribution < -0.4 is 10.6 Å². The minimum Gasteiger partial charge on any atom is -0.403 e. The highest BCUT2D eigenvalue weighted by Gasteiger charge is 2.49. The minimum absolute atomic E-state index is 0.00804. The van der Waals surface area contributed by atoms with E-state index < -0.39 is 11.3 Å². The van der Waals surface area contributed by atoms with Crippen molar-refractivity contribution < 1.29 is 14.0 Å². The van der Waals surface area contributed by atoms with Gasteiger partial charge in [-0.05, 0) is 55.0 Å². The summed E-state index contributed by atoms with van der Waals surface area (Å²) in [5, 5.41) is 13.5. The lowest BCUT2D eigenvalue weighted by Crippen LogP contribution is -2.36. The van der Waals surface area contributed by atoms with Gasteiger partial charge in [0, 0.05) is 16.8 Å². The number of carbonyl (C=O) groups is 2. The monoisotopic (exact) mass is 414 g/mol. The lowest BCUT2D eigenvalue weighted by atomic mass is 9.77. The van der Waals surface area contributed by atoms with E-state index in [0.717, 1.165) is 18.4 Å². The van der Waals surface area contributed by atoms with Crippen LogP contribution in [0.4, 0.5) is 11.7 Å². The van der Waals surface area contributed by atoms with Gasteiger partial charge in [-0.25, -0.2) is 0 Å². The Balaban J connectivity index is 1.27. The molecule has 1 fully saturated rings. The standard InChI is InChI=1S/C24H22N4O3/c1-24(14-15-10-11-18(24)12-15)22(30)25-19-9-5-8-17(13-19)20(29)26-23-28-27-21(31-23)16-6-3-2-4-7-16/h2-11,13,15,18H,12,14H2,1H3,(H,25,30)(H,26,28,29)/t15-,18-,24-/m0/s1. The summed E-state index contributed by atoms with van der Waals surface area (Å²) in [5.41, 5.74) is 1.33. The van der Waals surface area contributed by atoms with E-state index in [1.165, 1.54) is 0 Å². The molecule has 5 rings (SSSR count). The number of aromatic nitrogens is 2. The van der Waals surface area contributed by atoms with Crippen LogP contribution in [0.1, 0.15) is 30.1 Å². The molecule has 2 aliphatic rings. The molecule has 1 heterocycles. The maximum absolute atomic E-state index is 13.0. The summed E-state index contributed by atoms with van der Waals surface area (Å²) in [5.74, 6) is 0.693. The molecule has 2 aliphatic carbocycles. The summed E-state index contributed by atoms with van der Waals surface area (Å²) in [6.07, 6.45) is 6.28. The molecule has 31 heavy (non-hydrogen) atoms. The van der Waals surface area contributed by atoms with Crippen LogP contribution in [0.5, 0.6) is 0 Å². The summed E-state index contributed by atoms with van der Waals surface area (Å²) in [6.45, 7) is 2.02. The van der Waals surface area contributed by atoms with Gasteiger partial charge in [0.25, 0.3) is 5.91 Å². The summed E-state index contributed by atoms with van der Waals surface area (Å²) >= 11 is 0. The Morgan fingerprint density at radius 1 is 1.03 bits per heavy atom. The van der Waals surface area contributed by atoms with Gasteiger partial charge in [-0.2, -0.15) is 0 Å². The highest BCUT2D eigenvalue weighted by molar-refractivity contribution is 6.04. The van der Waals surface area contributed by atoms with Gasteiger partial charge < -0.3 is 9.73 Å². The lowest BCUT2D eigenvalue weighted by molar-refractivity contribution is -0.126. The number of amides is 2. The molecule has 0 spiro atoms. The summed E-state index contributed by atoms with van der Waals surface area (Å²) in [6, 6.07) is 16.2. The second kappa shape index (κ2) is 7.50. The first-order chi connectivity index (χ1) is 15.0. The fourth-order valence-corrected chi connectivity index (χ4v) is 4.51. The van der Waals surface area contributed by atoms with E-state index >= 15 is 0 Å². The maximum atomic E-state index is 13.0. The average Bonchev–Trinajstić information content (AvgIpc) is 3.51. The molecule has 3 aromatic rings. The second-order valence-electron chi connectivity index (χ2n) is 8.38. The van der Waals surface area contributed by atoms with Crippen LogP contribution in [0.2, 0.25) is 0 Å². The lowest BCUT2D eigenvalue weighted by Gasteiger charge is -2.29. The first-order valence-electron chi connectivity index (χ1n) is 10.3. The van der Waals surface area contributed by atoms with Crippen molar-refractivity contribution in [2.24, 2.45) is 17.3 Å². The van der Waals surface area contributed by atoms with Gasteiger partial charge >= 0.3 is 6.01 Å². The predicted octanol–water partition coefficient (Wildman–Crippen LogP) is 4.53. The molecule has 7 heteroatoms. The van der Waals surface area contributed by atoms with Gasteiger partial charge in [0.05, 0.1) is 5.41 Å². The Kier molecular flexibility index (Phi) is 4.66. The van der Waals surface area contributed by atoms with Crippen molar-refractivity contribution in [2.75, 3.05) is 10.6 Å². The first kappa shape index (κ1) is 19.2. The second-order valence-corrected chi connectivity index (χ2v) is 8.38. The van der Waals surface area contributed by atoms with Crippen molar-refractivity contribution in [3.05, 3.63) is 72.3 Å². The number of anilines is 2. The number of nitrogens with one attached hydrogen (secondary N) is 2. The molecule has 0 saturated heterocycles. The fraction of sp³-hybridized carbons (Fsp3) is 0.250. The van der Waals surface area contributed by atoms with Gasteiger partial charge in [0.15, 0.2) is 0 Å². The predicted molar refractivity (Wildman–Crippen MR) is 116 cm³/mol. The number of fused-ring (bicyclic) bond motifs is 2. The molecule has 0 radical (unpaired) electrons. The van der Waals surface area contributed by atoms with Gasteiger partial charge in [-0.1, -0.05) is 48.4 Å². The zero-order valence-corrected chi connectivity index (χ0v) is 17.0. The highest BCUT2D eigenvalue weighted by Crippen LogP contribution is 2.52. The van der Waals surface area contributed by atoms with E-state index in [9.17, 15) is 9.59 Å². The Hall–Kier alpha value is -3.74. The minimum atomic E-state index is -0.407. The van der Waals surface area contributed by atoms with E-state index in [4.69, 9.17) is 4.42 Å². The zero-order chi connectivity index (χ0) is 21.4. The fourth-order valence-electron chi connectivity index (χ4n) is 4.51. The zero-order valence-electron chi connectivity index (χ0n) is 17.0. The molecule has 1 aromatic heterocycles. The smallest absolute Gasteiger partial charge is 0.322 e. The molecule has 156 valence electrons. The van der Waals surface area contributed by atoms with Crippen molar-refractivity contribution in [2.45, 2.75) is 19.8 Å². The van der Waals surface area contributed by atoms with E-state index in [-0.39, 0.29) is 17.8 Å². The normalized spacial score (nSPS) is 23.6. The highest BCUT2D eigenvalue weighted by atomic mass is 16.4. The van der Waals surface area contributed by atoms with Gasteiger partial charge in [0.1, 0.15) is 0 Å². The molecular weight excluding hydrogens is 392 g/mol. The number of rotatable bonds is 5. The molecule has 2 N–H and O–H groups in total. The topological polar surface area (TPSA) is 97.1 Å². The molecular formula is C24H22N4O3. The Bertz CT molecular complexity index is 1170. The maximum Gasteiger partial charge on any atom is 0.322 e. The molecule has 2 aromatic carbocycles. The third-order valence-corrected chi connectivity index (χ3v) is 6.24. The summed E-state index contributed by atoms with van der Waals surface area (Å²) in [7, 11) is 0. The van der Waals surface area contributed by atoms with Crippen LogP contribution >= 0.6 is 0 Å². The van der Waals surface area contributed by atoms with E-state index in [2.05, 4.69) is 33.0 Å². The van der Waals surface area contributed by atoms with Crippen molar-refractivity contribution in [1.82, 2.24) is 10.2 Å². The van der Waals surface area contributed by atoms with Crippen LogP contribution in [-0.2, 0) is 4.79 Å². The van der Waals surface area contributed by atoms with Gasteiger partial charge in [0.2, 0.25) is 11.8 Å². The Morgan fingerprint density at radius 2 is 1.87 bits per heavy atom. The molecule has 1 saturated carbocycles. The first-order valence-corrected chi connectivity index (χ1v) is 10.3. The Labute approximate surface area is 179 Å². The van der Waals surface area contributed by atoms with E-state index in [0.29, 0.717) is 23.1 Å². The van der Waals surface area contributed by atoms with Crippen LogP contribution in [0, 0.1) is 17.3 Å². The molecule has 0 unspecified atom stereocenters. The van der Waals surface area contributed by atoms with Crippen molar-refractivity contribution in [3.8, 4) is 11.5 Å². The molecule has 7 nitrogen and oxygen atoms in total. The van der Waals surface area contributed by atoms with Crippen LogP contribution in [0.3, 0.4) is 0 Å². The molecule has 2 amide bonds.